The molecule has 3 rings (SSSR count). The van der Waals surface area contributed by atoms with Gasteiger partial charge in [-0.1, -0.05) is 6.07 Å². The summed E-state index contributed by atoms with van der Waals surface area (Å²) in [5, 5.41) is 10.2. The molecular weight excluding hydrogens is 313 g/mol. The Morgan fingerprint density at radius 1 is 1.00 bits per heavy atom. The number of carbonyl (C=O) groups is 2. The monoisotopic (exact) mass is 327 g/mol. The molecule has 122 valence electrons. The van der Waals surface area contributed by atoms with E-state index in [0.29, 0.717) is 23.1 Å². The lowest BCUT2D eigenvalue weighted by molar-refractivity contribution is -0.121. The van der Waals surface area contributed by atoms with Gasteiger partial charge in [0.1, 0.15) is 16.9 Å². The number of hydrogen-bond donors (Lipinski definition) is 1. The molecule has 0 unspecified atom stereocenters. The van der Waals surface area contributed by atoms with Crippen LogP contribution in [0.3, 0.4) is 0 Å². The predicted octanol–water partition coefficient (Wildman–Crippen LogP) is 2.64. The molecule has 0 aliphatic rings. The molecule has 2 aromatic carbocycles. The largest absolute Gasteiger partial charge is 0.352 e. The first-order valence-corrected chi connectivity index (χ1v) is 7.38. The number of benzene rings is 2. The van der Waals surface area contributed by atoms with Crippen molar-refractivity contribution in [2.24, 2.45) is 0 Å². The number of nitrogens with one attached hydrogen (secondary N) is 1. The molecule has 0 aliphatic carbocycles. The molecule has 0 atom stereocenters. The summed E-state index contributed by atoms with van der Waals surface area (Å²) in [6, 6.07) is 10.6. The number of fused-ring (bicyclic) bond motifs is 1. The highest BCUT2D eigenvalue weighted by Gasteiger charge is 2.10. The average molecular weight is 327 g/mol. The first-order chi connectivity index (χ1) is 11.6. The molecule has 3 aromatic rings. The van der Waals surface area contributed by atoms with Crippen molar-refractivity contribution < 1.29 is 18.6 Å². The molecule has 0 spiro atoms. The summed E-state index contributed by atoms with van der Waals surface area (Å²) in [5.74, 6) is -0.826. The number of nitrogens with zero attached hydrogens (tertiary/aromatic N) is 2. The summed E-state index contributed by atoms with van der Waals surface area (Å²) in [6.07, 6.45) is 0.147. The van der Waals surface area contributed by atoms with Gasteiger partial charge in [-0.2, -0.15) is 0 Å². The normalized spacial score (nSPS) is 10.7. The minimum Gasteiger partial charge on any atom is -0.352 e. The van der Waals surface area contributed by atoms with E-state index in [2.05, 4.69) is 20.3 Å². The number of halogens is 1. The molecule has 1 heterocycles. The molecule has 0 fully saturated rings. The fourth-order valence-electron chi connectivity index (χ4n) is 2.23. The molecule has 7 heteroatoms. The standard InChI is InChI=1S/C17H14FN3O3/c18-13-4-2-12(3-5-13)16(22)7-8-17(23)19-10-11-1-6-14-15(9-11)21-24-20-14/h1-6,9H,7-8,10H2,(H,19,23). The van der Waals surface area contributed by atoms with Crippen molar-refractivity contribution in [2.45, 2.75) is 19.4 Å². The molecule has 1 N–H and O–H groups in total. The van der Waals surface area contributed by atoms with Gasteiger partial charge in [-0.15, -0.1) is 0 Å². The number of amides is 1. The lowest BCUT2D eigenvalue weighted by Crippen LogP contribution is -2.23. The first-order valence-electron chi connectivity index (χ1n) is 7.38. The molecule has 0 saturated carbocycles. The van der Waals surface area contributed by atoms with Gasteiger partial charge in [-0.3, -0.25) is 9.59 Å². The van der Waals surface area contributed by atoms with Crippen molar-refractivity contribution in [1.29, 1.82) is 0 Å². The van der Waals surface area contributed by atoms with Gasteiger partial charge in [0.05, 0.1) is 0 Å². The Labute approximate surface area is 136 Å². The second-order valence-electron chi connectivity index (χ2n) is 5.29. The van der Waals surface area contributed by atoms with Gasteiger partial charge >= 0.3 is 0 Å². The van der Waals surface area contributed by atoms with E-state index in [-0.39, 0.29) is 24.5 Å². The summed E-state index contributed by atoms with van der Waals surface area (Å²) in [6.45, 7) is 0.326. The van der Waals surface area contributed by atoms with E-state index in [1.165, 1.54) is 24.3 Å². The van der Waals surface area contributed by atoms with Gasteiger partial charge in [-0.25, -0.2) is 9.02 Å². The Kier molecular flexibility index (Phi) is 4.60. The zero-order chi connectivity index (χ0) is 16.9. The number of rotatable bonds is 6. The fraction of sp³-hybridized carbons (Fsp3) is 0.176. The Bertz CT molecular complexity index is 874. The van der Waals surface area contributed by atoms with Crippen LogP contribution in [0.1, 0.15) is 28.8 Å². The van der Waals surface area contributed by atoms with Gasteiger partial charge < -0.3 is 5.32 Å². The van der Waals surface area contributed by atoms with Crippen LogP contribution in [0.4, 0.5) is 4.39 Å². The smallest absolute Gasteiger partial charge is 0.220 e. The summed E-state index contributed by atoms with van der Waals surface area (Å²) >= 11 is 0. The van der Waals surface area contributed by atoms with Crippen LogP contribution in [0.25, 0.3) is 11.0 Å². The van der Waals surface area contributed by atoms with Gasteiger partial charge in [0, 0.05) is 24.9 Å². The van der Waals surface area contributed by atoms with E-state index in [9.17, 15) is 14.0 Å². The predicted molar refractivity (Wildman–Crippen MR) is 83.6 cm³/mol. The topological polar surface area (TPSA) is 85.1 Å². The lowest BCUT2D eigenvalue weighted by Gasteiger charge is -2.05. The van der Waals surface area contributed by atoms with Crippen molar-refractivity contribution in [2.75, 3.05) is 0 Å². The van der Waals surface area contributed by atoms with Gasteiger partial charge in [0.2, 0.25) is 5.91 Å². The second-order valence-corrected chi connectivity index (χ2v) is 5.29. The van der Waals surface area contributed by atoms with E-state index in [1.807, 2.05) is 6.07 Å². The van der Waals surface area contributed by atoms with Gasteiger partial charge in [0.15, 0.2) is 5.78 Å². The van der Waals surface area contributed by atoms with E-state index >= 15 is 0 Å². The van der Waals surface area contributed by atoms with Gasteiger partial charge in [-0.05, 0) is 52.3 Å². The maximum Gasteiger partial charge on any atom is 0.220 e. The minimum absolute atomic E-state index is 0.0731. The van der Waals surface area contributed by atoms with Crippen LogP contribution in [0.15, 0.2) is 47.1 Å². The molecule has 0 saturated heterocycles. The third-order valence-electron chi connectivity index (χ3n) is 3.55. The number of ketones is 1. The van der Waals surface area contributed by atoms with Crippen LogP contribution in [0, 0.1) is 5.82 Å². The van der Waals surface area contributed by atoms with Crippen LogP contribution in [0.2, 0.25) is 0 Å². The van der Waals surface area contributed by atoms with Crippen LogP contribution >= 0.6 is 0 Å². The number of carbonyl (C=O) groups excluding carboxylic acids is 2. The quantitative estimate of drug-likeness (QED) is 0.704. The number of aromatic nitrogens is 2. The third-order valence-corrected chi connectivity index (χ3v) is 3.55. The van der Waals surface area contributed by atoms with Crippen LogP contribution in [-0.2, 0) is 11.3 Å². The summed E-state index contributed by atoms with van der Waals surface area (Å²) in [7, 11) is 0. The lowest BCUT2D eigenvalue weighted by atomic mass is 10.1. The highest BCUT2D eigenvalue weighted by atomic mass is 19.1. The zero-order valence-electron chi connectivity index (χ0n) is 12.7. The zero-order valence-corrected chi connectivity index (χ0v) is 12.7. The molecule has 0 bridgehead atoms. The molecule has 6 nitrogen and oxygen atoms in total. The minimum atomic E-state index is -0.399. The van der Waals surface area contributed by atoms with Crippen molar-refractivity contribution in [3.63, 3.8) is 0 Å². The van der Waals surface area contributed by atoms with Crippen LogP contribution < -0.4 is 5.32 Å². The van der Waals surface area contributed by atoms with Crippen LogP contribution in [-0.4, -0.2) is 22.0 Å². The molecule has 1 aromatic heterocycles. The van der Waals surface area contributed by atoms with Gasteiger partial charge in [0.25, 0.3) is 0 Å². The van der Waals surface area contributed by atoms with Crippen molar-refractivity contribution in [3.05, 3.63) is 59.4 Å². The molecule has 24 heavy (non-hydrogen) atoms. The maximum absolute atomic E-state index is 12.8. The van der Waals surface area contributed by atoms with Crippen molar-refractivity contribution >= 4 is 22.7 Å². The Morgan fingerprint density at radius 3 is 2.54 bits per heavy atom. The van der Waals surface area contributed by atoms with Crippen LogP contribution in [0.5, 0.6) is 0 Å². The fourth-order valence-corrected chi connectivity index (χ4v) is 2.23. The molecule has 1 amide bonds. The van der Waals surface area contributed by atoms with E-state index in [0.717, 1.165) is 5.56 Å². The summed E-state index contributed by atoms with van der Waals surface area (Å²) in [4.78, 5) is 23.8. The van der Waals surface area contributed by atoms with E-state index in [1.54, 1.807) is 12.1 Å². The maximum atomic E-state index is 12.8. The Morgan fingerprint density at radius 2 is 1.75 bits per heavy atom. The first kappa shape index (κ1) is 15.8. The van der Waals surface area contributed by atoms with E-state index < -0.39 is 5.82 Å². The number of Topliss-reactive ketones (excluding diaryl/α,β-unsaturated/α-hetero) is 1. The number of hydrogen-bond acceptors (Lipinski definition) is 5. The highest BCUT2D eigenvalue weighted by Crippen LogP contribution is 2.11. The molecule has 0 aliphatic heterocycles. The molecule has 0 radical (unpaired) electrons. The van der Waals surface area contributed by atoms with E-state index in [4.69, 9.17) is 0 Å². The summed E-state index contributed by atoms with van der Waals surface area (Å²) < 4.78 is 17.4. The second kappa shape index (κ2) is 6.99. The highest BCUT2D eigenvalue weighted by molar-refractivity contribution is 5.97. The SMILES string of the molecule is O=C(CCC(=O)c1ccc(F)cc1)NCc1ccc2nonc2c1. The Balaban J connectivity index is 1.48. The Hall–Kier alpha value is -3.09. The third kappa shape index (κ3) is 3.81. The molecular formula is C17H14FN3O3. The van der Waals surface area contributed by atoms with Crippen molar-refractivity contribution in [1.82, 2.24) is 15.6 Å². The van der Waals surface area contributed by atoms with Crippen molar-refractivity contribution in [3.8, 4) is 0 Å². The summed E-state index contributed by atoms with van der Waals surface area (Å²) in [5.41, 5.74) is 2.52. The average Bonchev–Trinajstić information content (AvgIpc) is 3.06.